The van der Waals surface area contributed by atoms with Gasteiger partial charge in [0.2, 0.25) is 0 Å². The van der Waals surface area contributed by atoms with E-state index in [-0.39, 0.29) is 11.4 Å². The zero-order valence-electron chi connectivity index (χ0n) is 10.5. The predicted octanol–water partition coefficient (Wildman–Crippen LogP) is 4.03. The molecule has 1 N–H and O–H groups in total. The van der Waals surface area contributed by atoms with Gasteiger partial charge in [0.05, 0.1) is 0 Å². The van der Waals surface area contributed by atoms with E-state index in [1.807, 2.05) is 0 Å². The minimum atomic E-state index is -4.98. The van der Waals surface area contributed by atoms with Crippen molar-refractivity contribution in [1.29, 1.82) is 0 Å². The van der Waals surface area contributed by atoms with Crippen molar-refractivity contribution in [3.8, 4) is 5.75 Å². The Morgan fingerprint density at radius 2 is 1.62 bits per heavy atom. The summed E-state index contributed by atoms with van der Waals surface area (Å²) in [6, 6.07) is 4.29. The molecule has 1 aromatic carbocycles. The van der Waals surface area contributed by atoms with Crippen molar-refractivity contribution < 1.29 is 35.9 Å². The topological polar surface area (TPSA) is 38.3 Å². The number of nitrogens with one attached hydrogen (secondary N) is 1. The van der Waals surface area contributed by atoms with Gasteiger partial charge in [0.25, 0.3) is 5.78 Å². The van der Waals surface area contributed by atoms with Gasteiger partial charge in [-0.1, -0.05) is 0 Å². The standard InChI is InChI=1S/C12H9F6NO2/c1-7(6-10(20)11(13,14)15)19-8-2-4-9(5-3-8)21-12(16,17)18/h2-6,19H,1H3/b7-6+. The molecule has 0 aliphatic rings. The molecule has 0 radical (unpaired) electrons. The van der Waals surface area contributed by atoms with Crippen molar-refractivity contribution in [2.45, 2.75) is 19.5 Å². The highest BCUT2D eigenvalue weighted by Crippen LogP contribution is 2.24. The van der Waals surface area contributed by atoms with Crippen LogP contribution in [0, 0.1) is 0 Å². The Kier molecular flexibility index (Phi) is 4.87. The number of rotatable bonds is 4. The second kappa shape index (κ2) is 6.06. The van der Waals surface area contributed by atoms with Crippen LogP contribution in [0.15, 0.2) is 36.0 Å². The molecule has 0 unspecified atom stereocenters. The average molecular weight is 313 g/mol. The van der Waals surface area contributed by atoms with Crippen LogP contribution in [0.2, 0.25) is 0 Å². The van der Waals surface area contributed by atoms with Crippen LogP contribution in [0.3, 0.4) is 0 Å². The van der Waals surface area contributed by atoms with Gasteiger partial charge in [0, 0.05) is 17.5 Å². The molecule has 0 spiro atoms. The molecule has 0 aliphatic heterocycles. The minimum Gasteiger partial charge on any atom is -0.406 e. The lowest BCUT2D eigenvalue weighted by atomic mass is 10.2. The molecule has 1 aromatic rings. The summed E-state index contributed by atoms with van der Waals surface area (Å²) in [6.07, 6.45) is -9.46. The maximum atomic E-state index is 12.0. The monoisotopic (exact) mass is 313 g/mol. The Morgan fingerprint density at radius 1 is 1.10 bits per heavy atom. The zero-order chi connectivity index (χ0) is 16.3. The van der Waals surface area contributed by atoms with Crippen LogP contribution in [-0.2, 0) is 4.79 Å². The molecule has 0 bridgehead atoms. The molecule has 0 aromatic heterocycles. The molecular formula is C12H9F6NO2. The molecule has 0 fully saturated rings. The fourth-order valence-electron chi connectivity index (χ4n) is 1.28. The summed E-state index contributed by atoms with van der Waals surface area (Å²) in [7, 11) is 0. The summed E-state index contributed by atoms with van der Waals surface area (Å²) in [6.45, 7) is 1.21. The maximum absolute atomic E-state index is 12.0. The molecule has 0 saturated heterocycles. The summed E-state index contributed by atoms with van der Waals surface area (Å²) in [5, 5.41) is 2.44. The highest BCUT2D eigenvalue weighted by molar-refractivity contribution is 5.95. The van der Waals surface area contributed by atoms with Crippen LogP contribution in [-0.4, -0.2) is 18.3 Å². The number of hydrogen-bond donors (Lipinski definition) is 1. The predicted molar refractivity (Wildman–Crippen MR) is 61.6 cm³/mol. The second-order valence-electron chi connectivity index (χ2n) is 3.89. The van der Waals surface area contributed by atoms with Crippen molar-refractivity contribution in [1.82, 2.24) is 0 Å². The summed E-state index contributed by atoms with van der Waals surface area (Å²) >= 11 is 0. The summed E-state index contributed by atoms with van der Waals surface area (Å²) in [5.41, 5.74) is 0.0927. The first kappa shape index (κ1) is 16.9. The van der Waals surface area contributed by atoms with Crippen molar-refractivity contribution >= 4 is 11.5 Å². The summed E-state index contributed by atoms with van der Waals surface area (Å²) < 4.78 is 75.4. The van der Waals surface area contributed by atoms with E-state index in [1.165, 1.54) is 6.92 Å². The molecule has 0 atom stereocenters. The molecule has 3 nitrogen and oxygen atoms in total. The normalized spacial score (nSPS) is 13.0. The van der Waals surface area contributed by atoms with Gasteiger partial charge in [-0.15, -0.1) is 13.2 Å². The second-order valence-corrected chi connectivity index (χ2v) is 3.89. The molecule has 0 aliphatic carbocycles. The number of anilines is 1. The number of hydrogen-bond acceptors (Lipinski definition) is 3. The van der Waals surface area contributed by atoms with Gasteiger partial charge in [-0.3, -0.25) is 4.79 Å². The number of alkyl halides is 6. The fourth-order valence-corrected chi connectivity index (χ4v) is 1.28. The molecule has 0 heterocycles. The van der Waals surface area contributed by atoms with Gasteiger partial charge in [-0.2, -0.15) is 13.2 Å². The highest BCUT2D eigenvalue weighted by atomic mass is 19.4. The first-order chi connectivity index (χ1) is 9.47. The van der Waals surface area contributed by atoms with Crippen molar-refractivity contribution in [2.75, 3.05) is 5.32 Å². The SMILES string of the molecule is C/C(=C\C(=O)C(F)(F)F)Nc1ccc(OC(F)(F)F)cc1. The van der Waals surface area contributed by atoms with E-state index in [4.69, 9.17) is 0 Å². The van der Waals surface area contributed by atoms with Gasteiger partial charge >= 0.3 is 12.5 Å². The average Bonchev–Trinajstić information content (AvgIpc) is 2.28. The van der Waals surface area contributed by atoms with E-state index >= 15 is 0 Å². The lowest BCUT2D eigenvalue weighted by Crippen LogP contribution is -2.21. The van der Waals surface area contributed by atoms with Gasteiger partial charge in [0.1, 0.15) is 5.75 Å². The van der Waals surface area contributed by atoms with Crippen LogP contribution in [0.5, 0.6) is 5.75 Å². The van der Waals surface area contributed by atoms with E-state index in [1.54, 1.807) is 0 Å². The van der Waals surface area contributed by atoms with Crippen molar-refractivity contribution in [2.24, 2.45) is 0 Å². The van der Waals surface area contributed by atoms with Crippen LogP contribution in [0.1, 0.15) is 6.92 Å². The molecule has 1 rings (SSSR count). The number of benzene rings is 1. The van der Waals surface area contributed by atoms with Crippen molar-refractivity contribution in [3.63, 3.8) is 0 Å². The molecule has 0 amide bonds. The number of ether oxygens (including phenoxy) is 1. The summed E-state index contributed by atoms with van der Waals surface area (Å²) in [5.74, 6) is -2.51. The Labute approximate surface area is 115 Å². The quantitative estimate of drug-likeness (QED) is 0.673. The van der Waals surface area contributed by atoms with E-state index in [0.717, 1.165) is 24.3 Å². The fraction of sp³-hybridized carbons (Fsp3) is 0.250. The van der Waals surface area contributed by atoms with Crippen LogP contribution < -0.4 is 10.1 Å². The summed E-state index contributed by atoms with van der Waals surface area (Å²) in [4.78, 5) is 10.7. The van der Waals surface area contributed by atoms with E-state index in [0.29, 0.717) is 6.08 Å². The van der Waals surface area contributed by atoms with Gasteiger partial charge in [-0.05, 0) is 31.2 Å². The van der Waals surface area contributed by atoms with E-state index in [2.05, 4.69) is 10.1 Å². The molecule has 21 heavy (non-hydrogen) atoms. The number of carbonyl (C=O) groups is 1. The van der Waals surface area contributed by atoms with Crippen LogP contribution in [0.4, 0.5) is 32.0 Å². The van der Waals surface area contributed by atoms with Gasteiger partial charge < -0.3 is 10.1 Å². The van der Waals surface area contributed by atoms with E-state index < -0.39 is 24.1 Å². The maximum Gasteiger partial charge on any atom is 0.573 e. The van der Waals surface area contributed by atoms with Gasteiger partial charge in [-0.25, -0.2) is 0 Å². The number of ketones is 1. The Bertz CT molecular complexity index is 530. The van der Waals surface area contributed by atoms with Crippen molar-refractivity contribution in [3.05, 3.63) is 36.0 Å². The number of halogens is 6. The van der Waals surface area contributed by atoms with E-state index in [9.17, 15) is 31.1 Å². The largest absolute Gasteiger partial charge is 0.573 e. The number of carbonyl (C=O) groups excluding carboxylic acids is 1. The minimum absolute atomic E-state index is 0.109. The zero-order valence-corrected chi connectivity index (χ0v) is 10.5. The lowest BCUT2D eigenvalue weighted by molar-refractivity contribution is -0.274. The first-order valence-corrected chi connectivity index (χ1v) is 5.39. The first-order valence-electron chi connectivity index (χ1n) is 5.39. The van der Waals surface area contributed by atoms with Gasteiger partial charge in [0.15, 0.2) is 0 Å². The molecular weight excluding hydrogens is 304 g/mol. The Hall–Kier alpha value is -2.19. The molecule has 9 heteroatoms. The molecule has 0 saturated carbocycles. The third-order valence-electron chi connectivity index (χ3n) is 2.06. The highest BCUT2D eigenvalue weighted by Gasteiger charge is 2.36. The van der Waals surface area contributed by atoms with Crippen LogP contribution in [0.25, 0.3) is 0 Å². The number of allylic oxidation sites excluding steroid dienone is 2. The third-order valence-corrected chi connectivity index (χ3v) is 2.06. The van der Waals surface area contributed by atoms with Crippen LogP contribution >= 0.6 is 0 Å². The third kappa shape index (κ3) is 6.19. The Balaban J connectivity index is 2.72. The Morgan fingerprint density at radius 3 is 2.05 bits per heavy atom. The molecule has 116 valence electrons. The smallest absolute Gasteiger partial charge is 0.406 e. The lowest BCUT2D eigenvalue weighted by Gasteiger charge is -2.10.